The fourth-order valence-corrected chi connectivity index (χ4v) is 2.04. The molecular formula is C15H12O5. The summed E-state index contributed by atoms with van der Waals surface area (Å²) < 4.78 is 15.7. The Bertz CT molecular complexity index is 696. The second kappa shape index (κ2) is 4.86. The lowest BCUT2D eigenvalue weighted by molar-refractivity contribution is -0.126. The molecule has 0 aliphatic carbocycles. The van der Waals surface area contributed by atoms with Crippen LogP contribution in [0.25, 0.3) is 11.6 Å². The first-order valence-electron chi connectivity index (χ1n) is 6.03. The molecule has 3 rings (SSSR count). The zero-order valence-electron chi connectivity index (χ0n) is 10.8. The lowest BCUT2D eigenvalue weighted by atomic mass is 10.1. The second-order valence-corrected chi connectivity index (χ2v) is 4.27. The van der Waals surface area contributed by atoms with Gasteiger partial charge in [-0.15, -0.1) is 0 Å². The molecule has 1 aromatic carbocycles. The van der Waals surface area contributed by atoms with Crippen LogP contribution in [0.3, 0.4) is 0 Å². The van der Waals surface area contributed by atoms with Gasteiger partial charge in [0, 0.05) is 5.56 Å². The zero-order valence-corrected chi connectivity index (χ0v) is 10.8. The zero-order chi connectivity index (χ0) is 14.1. The van der Waals surface area contributed by atoms with Crippen LogP contribution in [0.2, 0.25) is 0 Å². The van der Waals surface area contributed by atoms with Gasteiger partial charge in [-0.2, -0.15) is 0 Å². The summed E-state index contributed by atoms with van der Waals surface area (Å²) in [6.07, 6.45) is 1.59. The molecule has 2 aromatic rings. The van der Waals surface area contributed by atoms with Gasteiger partial charge >= 0.3 is 5.97 Å². The van der Waals surface area contributed by atoms with Crippen molar-refractivity contribution < 1.29 is 23.8 Å². The Morgan fingerprint density at radius 3 is 2.85 bits per heavy atom. The van der Waals surface area contributed by atoms with E-state index >= 15 is 0 Å². The molecule has 20 heavy (non-hydrogen) atoms. The van der Waals surface area contributed by atoms with E-state index in [9.17, 15) is 4.79 Å². The molecule has 102 valence electrons. The van der Waals surface area contributed by atoms with E-state index in [1.165, 1.54) is 0 Å². The maximum atomic E-state index is 11.9. The second-order valence-electron chi connectivity index (χ2n) is 4.27. The van der Waals surface area contributed by atoms with E-state index in [0.717, 1.165) is 0 Å². The van der Waals surface area contributed by atoms with Gasteiger partial charge in [0.2, 0.25) is 0 Å². The minimum atomic E-state index is -0.435. The third-order valence-corrected chi connectivity index (χ3v) is 3.02. The first-order valence-corrected chi connectivity index (χ1v) is 6.03. The van der Waals surface area contributed by atoms with E-state index in [1.54, 1.807) is 43.5 Å². The van der Waals surface area contributed by atoms with E-state index in [-0.39, 0.29) is 6.61 Å². The number of methoxy groups -OCH3 is 1. The molecule has 1 aromatic heterocycles. The Morgan fingerprint density at radius 2 is 2.15 bits per heavy atom. The van der Waals surface area contributed by atoms with Crippen LogP contribution in [0.4, 0.5) is 0 Å². The summed E-state index contributed by atoms with van der Waals surface area (Å²) >= 11 is 0. The van der Waals surface area contributed by atoms with Gasteiger partial charge in [-0.3, -0.25) is 0 Å². The maximum Gasteiger partial charge on any atom is 0.344 e. The highest BCUT2D eigenvalue weighted by atomic mass is 16.5. The molecule has 2 heterocycles. The van der Waals surface area contributed by atoms with E-state index in [0.29, 0.717) is 34.2 Å². The quantitative estimate of drug-likeness (QED) is 0.527. The van der Waals surface area contributed by atoms with E-state index in [4.69, 9.17) is 19.0 Å². The van der Waals surface area contributed by atoms with Crippen molar-refractivity contribution in [2.75, 3.05) is 7.11 Å². The molecule has 1 N–H and O–H groups in total. The molecule has 0 amide bonds. The number of hydrogen-bond acceptors (Lipinski definition) is 5. The lowest BCUT2D eigenvalue weighted by Gasteiger charge is -2.01. The van der Waals surface area contributed by atoms with Crippen molar-refractivity contribution in [3.05, 3.63) is 47.4 Å². The van der Waals surface area contributed by atoms with Crippen LogP contribution in [0.1, 0.15) is 17.1 Å². The van der Waals surface area contributed by atoms with Crippen LogP contribution >= 0.6 is 0 Å². The third kappa shape index (κ3) is 2.08. The SMILES string of the molecule is COc1ccc2c(c1)/C(=C\c1ccc(CO)o1)C(=O)O2. The molecule has 0 atom stereocenters. The predicted octanol–water partition coefficient (Wildman–Crippen LogP) is 2.24. The number of furan rings is 1. The van der Waals surface area contributed by atoms with Crippen molar-refractivity contribution in [2.24, 2.45) is 0 Å². The standard InChI is InChI=1S/C15H12O5/c1-18-9-4-5-14-12(6-9)13(15(17)20-14)7-10-2-3-11(8-16)19-10/h2-7,16H,8H2,1H3/b13-7+. The van der Waals surface area contributed by atoms with Gasteiger partial charge in [0.05, 0.1) is 12.7 Å². The van der Waals surface area contributed by atoms with Crippen LogP contribution in [0, 0.1) is 0 Å². The Kier molecular flexibility index (Phi) is 3.04. The molecule has 0 spiro atoms. The minimum absolute atomic E-state index is 0.183. The molecule has 1 aliphatic rings. The molecule has 0 fully saturated rings. The number of ether oxygens (including phenoxy) is 2. The summed E-state index contributed by atoms with van der Waals surface area (Å²) in [4.78, 5) is 11.9. The van der Waals surface area contributed by atoms with Gasteiger partial charge in [0.15, 0.2) is 0 Å². The molecule has 0 saturated carbocycles. The first kappa shape index (κ1) is 12.5. The highest BCUT2D eigenvalue weighted by Gasteiger charge is 2.27. The normalized spacial score (nSPS) is 15.3. The van der Waals surface area contributed by atoms with Gasteiger partial charge in [0.1, 0.15) is 29.6 Å². The van der Waals surface area contributed by atoms with Gasteiger partial charge in [0.25, 0.3) is 0 Å². The maximum absolute atomic E-state index is 11.9. The predicted molar refractivity (Wildman–Crippen MR) is 71.1 cm³/mol. The van der Waals surface area contributed by atoms with Gasteiger partial charge in [-0.25, -0.2) is 4.79 Å². The summed E-state index contributed by atoms with van der Waals surface area (Å²) in [5.41, 5.74) is 1.06. The van der Waals surface area contributed by atoms with Gasteiger partial charge in [-0.1, -0.05) is 0 Å². The van der Waals surface area contributed by atoms with Crippen LogP contribution in [0.15, 0.2) is 34.7 Å². The number of aliphatic hydroxyl groups is 1. The van der Waals surface area contributed by atoms with Crippen molar-refractivity contribution in [1.29, 1.82) is 0 Å². The van der Waals surface area contributed by atoms with Crippen LogP contribution < -0.4 is 9.47 Å². The fraction of sp³-hybridized carbons (Fsp3) is 0.133. The highest BCUT2D eigenvalue weighted by Crippen LogP contribution is 2.37. The summed E-state index contributed by atoms with van der Waals surface area (Å²) in [5.74, 6) is 1.63. The fourth-order valence-electron chi connectivity index (χ4n) is 2.04. The molecule has 0 bridgehead atoms. The Balaban J connectivity index is 2.04. The molecule has 5 nitrogen and oxygen atoms in total. The van der Waals surface area contributed by atoms with Crippen LogP contribution in [0.5, 0.6) is 11.5 Å². The molecule has 5 heteroatoms. The first-order chi connectivity index (χ1) is 9.71. The summed E-state index contributed by atoms with van der Waals surface area (Å²) in [6, 6.07) is 8.49. The van der Waals surface area contributed by atoms with Gasteiger partial charge < -0.3 is 19.0 Å². The number of hydrogen-bond donors (Lipinski definition) is 1. The number of carbonyl (C=O) groups excluding carboxylic acids is 1. The number of carbonyl (C=O) groups is 1. The summed E-state index contributed by atoms with van der Waals surface area (Å²) in [5, 5.41) is 8.97. The topological polar surface area (TPSA) is 68.9 Å². The number of aliphatic hydroxyl groups excluding tert-OH is 1. The largest absolute Gasteiger partial charge is 0.497 e. The monoisotopic (exact) mass is 272 g/mol. The van der Waals surface area contributed by atoms with Crippen LogP contribution in [-0.2, 0) is 11.4 Å². The van der Waals surface area contributed by atoms with Crippen molar-refractivity contribution in [3.8, 4) is 11.5 Å². The van der Waals surface area contributed by atoms with E-state index in [1.807, 2.05) is 0 Å². The van der Waals surface area contributed by atoms with Gasteiger partial charge in [-0.05, 0) is 36.4 Å². The van der Waals surface area contributed by atoms with Crippen molar-refractivity contribution in [2.45, 2.75) is 6.61 Å². The van der Waals surface area contributed by atoms with E-state index in [2.05, 4.69) is 0 Å². The van der Waals surface area contributed by atoms with Crippen LogP contribution in [-0.4, -0.2) is 18.2 Å². The Labute approximate surface area is 115 Å². The molecule has 0 radical (unpaired) electrons. The molecule has 0 saturated heterocycles. The van der Waals surface area contributed by atoms with Crippen molar-refractivity contribution in [1.82, 2.24) is 0 Å². The number of benzene rings is 1. The Hall–Kier alpha value is -2.53. The average molecular weight is 272 g/mol. The average Bonchev–Trinajstić information content (AvgIpc) is 3.04. The molecular weight excluding hydrogens is 260 g/mol. The number of fused-ring (bicyclic) bond motifs is 1. The highest BCUT2D eigenvalue weighted by molar-refractivity contribution is 6.25. The van der Waals surface area contributed by atoms with Crippen molar-refractivity contribution in [3.63, 3.8) is 0 Å². The van der Waals surface area contributed by atoms with Crippen molar-refractivity contribution >= 4 is 17.6 Å². The smallest absolute Gasteiger partial charge is 0.344 e. The lowest BCUT2D eigenvalue weighted by Crippen LogP contribution is -2.00. The minimum Gasteiger partial charge on any atom is -0.497 e. The number of rotatable bonds is 3. The Morgan fingerprint density at radius 1 is 1.30 bits per heavy atom. The summed E-state index contributed by atoms with van der Waals surface area (Å²) in [6.45, 7) is -0.183. The van der Waals surface area contributed by atoms with E-state index < -0.39 is 5.97 Å². The third-order valence-electron chi connectivity index (χ3n) is 3.02. The molecule has 0 unspecified atom stereocenters. The number of esters is 1. The summed E-state index contributed by atoms with van der Waals surface area (Å²) in [7, 11) is 1.56. The molecule has 1 aliphatic heterocycles.